The first-order valence-electron chi connectivity index (χ1n) is 6.78. The van der Waals surface area contributed by atoms with Gasteiger partial charge in [-0.05, 0) is 26.2 Å². The molecule has 1 aromatic heterocycles. The van der Waals surface area contributed by atoms with Crippen LogP contribution in [0.1, 0.15) is 46.9 Å². The Morgan fingerprint density at radius 1 is 1.22 bits per heavy atom. The van der Waals surface area contributed by atoms with Crippen LogP contribution >= 0.6 is 0 Å². The molecule has 4 heteroatoms. The van der Waals surface area contributed by atoms with E-state index < -0.39 is 0 Å². The lowest BCUT2D eigenvalue weighted by molar-refractivity contribution is 0.260. The van der Waals surface area contributed by atoms with Crippen LogP contribution in [0.2, 0.25) is 0 Å². The maximum absolute atomic E-state index is 5.69. The van der Waals surface area contributed by atoms with Gasteiger partial charge in [-0.2, -0.15) is 4.98 Å². The van der Waals surface area contributed by atoms with Crippen LogP contribution in [0.4, 0.5) is 5.82 Å². The molecule has 0 aliphatic rings. The lowest BCUT2D eigenvalue weighted by atomic mass is 10.2. The van der Waals surface area contributed by atoms with E-state index in [-0.39, 0.29) is 0 Å². The quantitative estimate of drug-likeness (QED) is 0.808. The summed E-state index contributed by atoms with van der Waals surface area (Å²) in [5.74, 6) is 2.87. The van der Waals surface area contributed by atoms with Crippen molar-refractivity contribution in [3.63, 3.8) is 0 Å². The fourth-order valence-electron chi connectivity index (χ4n) is 1.50. The second-order valence-electron chi connectivity index (χ2n) is 5.26. The van der Waals surface area contributed by atoms with Gasteiger partial charge < -0.3 is 10.1 Å². The fourth-order valence-corrected chi connectivity index (χ4v) is 1.50. The van der Waals surface area contributed by atoms with Crippen LogP contribution in [0.3, 0.4) is 0 Å². The van der Waals surface area contributed by atoms with E-state index in [0.29, 0.717) is 24.4 Å². The van der Waals surface area contributed by atoms with Crippen molar-refractivity contribution in [2.45, 2.75) is 53.5 Å². The third-order valence-electron chi connectivity index (χ3n) is 2.22. The summed E-state index contributed by atoms with van der Waals surface area (Å²) in [6.07, 6.45) is 1.92. The highest BCUT2D eigenvalue weighted by molar-refractivity contribution is 5.39. The summed E-state index contributed by atoms with van der Waals surface area (Å²) in [6.45, 7) is 11.2. The van der Waals surface area contributed by atoms with Gasteiger partial charge in [0.25, 0.3) is 0 Å². The van der Waals surface area contributed by atoms with Crippen molar-refractivity contribution >= 4 is 5.82 Å². The molecular weight excluding hydrogens is 226 g/mol. The predicted molar refractivity (Wildman–Crippen MR) is 75.1 cm³/mol. The largest absolute Gasteiger partial charge is 0.477 e. The zero-order valence-corrected chi connectivity index (χ0v) is 12.2. The summed E-state index contributed by atoms with van der Waals surface area (Å²) in [5, 5.41) is 3.30. The van der Waals surface area contributed by atoms with Crippen LogP contribution in [-0.4, -0.2) is 22.6 Å². The van der Waals surface area contributed by atoms with Crippen molar-refractivity contribution < 1.29 is 4.74 Å². The van der Waals surface area contributed by atoms with E-state index in [2.05, 4.69) is 49.9 Å². The van der Waals surface area contributed by atoms with Crippen LogP contribution in [0.25, 0.3) is 0 Å². The molecule has 102 valence electrons. The molecule has 4 nitrogen and oxygen atoms in total. The van der Waals surface area contributed by atoms with Crippen molar-refractivity contribution in [2.75, 3.05) is 11.9 Å². The van der Waals surface area contributed by atoms with Crippen molar-refractivity contribution in [1.29, 1.82) is 0 Å². The van der Waals surface area contributed by atoms with E-state index >= 15 is 0 Å². The number of nitrogens with one attached hydrogen (secondary N) is 1. The summed E-state index contributed by atoms with van der Waals surface area (Å²) in [4.78, 5) is 8.92. The number of hydrogen-bond donors (Lipinski definition) is 1. The molecule has 0 radical (unpaired) electrons. The van der Waals surface area contributed by atoms with Gasteiger partial charge in [0.2, 0.25) is 5.88 Å². The van der Waals surface area contributed by atoms with Crippen molar-refractivity contribution in [2.24, 2.45) is 5.92 Å². The van der Waals surface area contributed by atoms with E-state index in [0.717, 1.165) is 24.5 Å². The van der Waals surface area contributed by atoms with Gasteiger partial charge in [-0.25, -0.2) is 4.98 Å². The van der Waals surface area contributed by atoms with Crippen molar-refractivity contribution in [3.8, 4) is 5.88 Å². The highest BCUT2D eigenvalue weighted by Gasteiger charge is 2.07. The van der Waals surface area contributed by atoms with Crippen molar-refractivity contribution in [1.82, 2.24) is 9.97 Å². The molecule has 1 rings (SSSR count). The van der Waals surface area contributed by atoms with Crippen LogP contribution in [0, 0.1) is 5.92 Å². The average molecular weight is 251 g/mol. The molecule has 1 heterocycles. The standard InChI is InChI=1S/C14H25N3O/c1-6-7-12-16-13(15-11(4)5)8-14(17-12)18-9-10(2)3/h8,10-11H,6-7,9H2,1-5H3,(H,15,16,17). The van der Waals surface area contributed by atoms with Gasteiger partial charge in [0.1, 0.15) is 11.6 Å². The zero-order chi connectivity index (χ0) is 13.5. The Kier molecular flexibility index (Phi) is 5.89. The Morgan fingerprint density at radius 3 is 2.50 bits per heavy atom. The number of nitrogens with zero attached hydrogens (tertiary/aromatic N) is 2. The number of anilines is 1. The molecule has 0 fully saturated rings. The third-order valence-corrected chi connectivity index (χ3v) is 2.22. The molecule has 0 saturated carbocycles. The topological polar surface area (TPSA) is 47.0 Å². The average Bonchev–Trinajstić information content (AvgIpc) is 2.25. The van der Waals surface area contributed by atoms with Crippen LogP contribution in [-0.2, 0) is 6.42 Å². The molecule has 0 aliphatic heterocycles. The minimum Gasteiger partial charge on any atom is -0.477 e. The summed E-state index contributed by atoms with van der Waals surface area (Å²) in [5.41, 5.74) is 0. The van der Waals surface area contributed by atoms with E-state index in [1.165, 1.54) is 0 Å². The molecule has 18 heavy (non-hydrogen) atoms. The molecule has 0 atom stereocenters. The Morgan fingerprint density at radius 2 is 1.94 bits per heavy atom. The van der Waals surface area contributed by atoms with E-state index in [9.17, 15) is 0 Å². The Hall–Kier alpha value is -1.32. The zero-order valence-electron chi connectivity index (χ0n) is 12.2. The van der Waals surface area contributed by atoms with E-state index in [4.69, 9.17) is 4.74 Å². The molecular formula is C14H25N3O. The van der Waals surface area contributed by atoms with Crippen LogP contribution < -0.4 is 10.1 Å². The van der Waals surface area contributed by atoms with E-state index in [1.54, 1.807) is 0 Å². The molecule has 0 aliphatic carbocycles. The SMILES string of the molecule is CCCc1nc(NC(C)C)cc(OCC(C)C)n1. The van der Waals surface area contributed by atoms with Gasteiger partial charge in [-0.1, -0.05) is 20.8 Å². The Bertz CT molecular complexity index is 364. The Labute approximate surface area is 110 Å². The van der Waals surface area contributed by atoms with Crippen molar-refractivity contribution in [3.05, 3.63) is 11.9 Å². The number of rotatable bonds is 7. The van der Waals surface area contributed by atoms with Crippen LogP contribution in [0.15, 0.2) is 6.07 Å². The molecule has 0 spiro atoms. The van der Waals surface area contributed by atoms with Gasteiger partial charge in [0.15, 0.2) is 0 Å². The highest BCUT2D eigenvalue weighted by Crippen LogP contribution is 2.16. The number of aryl methyl sites for hydroxylation is 1. The predicted octanol–water partition coefficient (Wildman–Crippen LogP) is 3.28. The third kappa shape index (κ3) is 5.34. The monoisotopic (exact) mass is 251 g/mol. The smallest absolute Gasteiger partial charge is 0.218 e. The maximum atomic E-state index is 5.69. The van der Waals surface area contributed by atoms with Gasteiger partial charge in [0, 0.05) is 18.5 Å². The fraction of sp³-hybridized carbons (Fsp3) is 0.714. The van der Waals surface area contributed by atoms with Gasteiger partial charge in [0.05, 0.1) is 6.61 Å². The first kappa shape index (κ1) is 14.7. The number of aromatic nitrogens is 2. The summed E-state index contributed by atoms with van der Waals surface area (Å²) in [7, 11) is 0. The van der Waals surface area contributed by atoms with Gasteiger partial charge in [-0.3, -0.25) is 0 Å². The van der Waals surface area contributed by atoms with Gasteiger partial charge >= 0.3 is 0 Å². The summed E-state index contributed by atoms with van der Waals surface area (Å²) >= 11 is 0. The first-order chi connectivity index (χ1) is 8.51. The first-order valence-corrected chi connectivity index (χ1v) is 6.78. The second-order valence-corrected chi connectivity index (χ2v) is 5.26. The molecule has 0 bridgehead atoms. The molecule has 1 aromatic rings. The molecule has 0 amide bonds. The number of ether oxygens (including phenoxy) is 1. The molecule has 0 aromatic carbocycles. The number of hydrogen-bond acceptors (Lipinski definition) is 4. The highest BCUT2D eigenvalue weighted by atomic mass is 16.5. The van der Waals surface area contributed by atoms with Gasteiger partial charge in [-0.15, -0.1) is 0 Å². The minimum absolute atomic E-state index is 0.354. The molecule has 0 saturated heterocycles. The Balaban J connectivity index is 2.83. The molecule has 1 N–H and O–H groups in total. The second kappa shape index (κ2) is 7.19. The lowest BCUT2D eigenvalue weighted by Gasteiger charge is -2.13. The molecule has 0 unspecified atom stereocenters. The van der Waals surface area contributed by atoms with Crippen LogP contribution in [0.5, 0.6) is 5.88 Å². The maximum Gasteiger partial charge on any atom is 0.218 e. The van der Waals surface area contributed by atoms with E-state index in [1.807, 2.05) is 6.07 Å². The minimum atomic E-state index is 0.354. The summed E-state index contributed by atoms with van der Waals surface area (Å²) < 4.78 is 5.69. The lowest BCUT2D eigenvalue weighted by Crippen LogP contribution is -2.13. The normalized spacial score (nSPS) is 11.1. The summed E-state index contributed by atoms with van der Waals surface area (Å²) in [6, 6.07) is 2.23.